The molecule has 0 aliphatic rings. The van der Waals surface area contributed by atoms with E-state index in [-0.39, 0.29) is 5.84 Å². The van der Waals surface area contributed by atoms with Gasteiger partial charge >= 0.3 is 0 Å². The minimum atomic E-state index is 0.0204. The van der Waals surface area contributed by atoms with Crippen molar-refractivity contribution in [2.45, 2.75) is 9.79 Å². The topological polar surface area (TPSA) is 49.9 Å². The van der Waals surface area contributed by atoms with Gasteiger partial charge in [-0.05, 0) is 46.3 Å². The summed E-state index contributed by atoms with van der Waals surface area (Å²) in [6.45, 7) is 0. The van der Waals surface area contributed by atoms with Crippen LogP contribution in [0, 0.1) is 5.41 Å². The van der Waals surface area contributed by atoms with Crippen molar-refractivity contribution < 1.29 is 0 Å². The lowest BCUT2D eigenvalue weighted by Crippen LogP contribution is -2.12. The second-order valence-electron chi connectivity index (χ2n) is 3.59. The van der Waals surface area contributed by atoms with Crippen molar-refractivity contribution in [3.63, 3.8) is 0 Å². The van der Waals surface area contributed by atoms with Gasteiger partial charge in [-0.2, -0.15) is 0 Å². The maximum absolute atomic E-state index is 7.59. The summed E-state index contributed by atoms with van der Waals surface area (Å²) in [5.74, 6) is 0.0204. The first-order chi connectivity index (χ1) is 8.58. The predicted molar refractivity (Wildman–Crippen MR) is 80.7 cm³/mol. The monoisotopic (exact) mass is 340 g/mol. The first-order valence-corrected chi connectivity index (χ1v) is 7.13. The lowest BCUT2D eigenvalue weighted by Gasteiger charge is -2.09. The molecule has 0 aliphatic carbocycles. The van der Waals surface area contributed by atoms with Crippen LogP contribution in [-0.2, 0) is 0 Å². The highest BCUT2D eigenvalue weighted by Crippen LogP contribution is 2.35. The van der Waals surface area contributed by atoms with Crippen LogP contribution >= 0.6 is 39.3 Å². The number of benzene rings is 2. The van der Waals surface area contributed by atoms with E-state index in [9.17, 15) is 0 Å². The zero-order valence-corrected chi connectivity index (χ0v) is 12.4. The zero-order chi connectivity index (χ0) is 13.1. The van der Waals surface area contributed by atoms with E-state index >= 15 is 0 Å². The lowest BCUT2D eigenvalue weighted by atomic mass is 10.2. The molecule has 0 saturated carbocycles. The second-order valence-corrected chi connectivity index (χ2v) is 5.96. The van der Waals surface area contributed by atoms with Crippen molar-refractivity contribution in [3.05, 3.63) is 57.5 Å². The van der Waals surface area contributed by atoms with Crippen LogP contribution < -0.4 is 5.73 Å². The summed E-state index contributed by atoms with van der Waals surface area (Å²) >= 11 is 11.0. The number of hydrogen-bond donors (Lipinski definition) is 2. The Labute approximate surface area is 123 Å². The van der Waals surface area contributed by atoms with Crippen molar-refractivity contribution in [2.24, 2.45) is 5.73 Å². The van der Waals surface area contributed by atoms with Crippen LogP contribution in [0.1, 0.15) is 5.56 Å². The third-order valence-corrected chi connectivity index (χ3v) is 4.63. The van der Waals surface area contributed by atoms with Gasteiger partial charge in [-0.1, -0.05) is 35.5 Å². The molecule has 92 valence electrons. The Morgan fingerprint density at radius 2 is 1.89 bits per heavy atom. The van der Waals surface area contributed by atoms with Crippen molar-refractivity contribution in [1.82, 2.24) is 0 Å². The third kappa shape index (κ3) is 3.07. The smallest absolute Gasteiger partial charge is 0.123 e. The minimum absolute atomic E-state index is 0.0204. The van der Waals surface area contributed by atoms with E-state index in [2.05, 4.69) is 15.9 Å². The van der Waals surface area contributed by atoms with E-state index in [4.69, 9.17) is 22.7 Å². The number of amidine groups is 1. The van der Waals surface area contributed by atoms with Gasteiger partial charge in [-0.3, -0.25) is 5.41 Å². The molecule has 18 heavy (non-hydrogen) atoms. The highest BCUT2D eigenvalue weighted by molar-refractivity contribution is 9.10. The van der Waals surface area contributed by atoms with Gasteiger partial charge in [-0.15, -0.1) is 0 Å². The second kappa shape index (κ2) is 5.78. The van der Waals surface area contributed by atoms with Crippen LogP contribution in [-0.4, -0.2) is 5.84 Å². The van der Waals surface area contributed by atoms with Gasteiger partial charge < -0.3 is 5.73 Å². The molecule has 0 radical (unpaired) electrons. The number of nitrogen functional groups attached to an aromatic ring is 1. The quantitative estimate of drug-likeness (QED) is 0.636. The number of nitrogens with one attached hydrogen (secondary N) is 1. The molecule has 2 aromatic carbocycles. The maximum atomic E-state index is 7.59. The molecule has 0 saturated heterocycles. The van der Waals surface area contributed by atoms with E-state index < -0.39 is 0 Å². The van der Waals surface area contributed by atoms with E-state index in [0.717, 1.165) is 14.3 Å². The van der Waals surface area contributed by atoms with Gasteiger partial charge in [0.1, 0.15) is 5.84 Å². The summed E-state index contributed by atoms with van der Waals surface area (Å²) in [5, 5.41) is 8.17. The van der Waals surface area contributed by atoms with Crippen LogP contribution in [0.2, 0.25) is 5.02 Å². The molecule has 0 unspecified atom stereocenters. The fourth-order valence-corrected chi connectivity index (χ4v) is 3.11. The Balaban J connectivity index is 2.41. The van der Waals surface area contributed by atoms with Gasteiger partial charge in [0.05, 0.1) is 0 Å². The van der Waals surface area contributed by atoms with Gasteiger partial charge in [0.15, 0.2) is 0 Å². The van der Waals surface area contributed by atoms with Crippen molar-refractivity contribution in [3.8, 4) is 0 Å². The molecule has 2 aromatic rings. The molecule has 0 amide bonds. The SMILES string of the molecule is N=C(N)c1cc(Cl)ccc1Sc1ccccc1Br. The van der Waals surface area contributed by atoms with Crippen LogP contribution in [0.5, 0.6) is 0 Å². The maximum Gasteiger partial charge on any atom is 0.123 e. The number of rotatable bonds is 3. The van der Waals surface area contributed by atoms with Gasteiger partial charge in [0, 0.05) is 24.8 Å². The average Bonchev–Trinajstić information content (AvgIpc) is 2.34. The number of halogens is 2. The number of nitrogens with two attached hydrogens (primary N) is 1. The molecule has 2 rings (SSSR count). The Hall–Kier alpha value is -0.970. The molecule has 0 aromatic heterocycles. The van der Waals surface area contributed by atoms with Crippen LogP contribution in [0.4, 0.5) is 0 Å². The molecular formula is C13H10BrClN2S. The van der Waals surface area contributed by atoms with Gasteiger partial charge in [0.25, 0.3) is 0 Å². The molecule has 0 bridgehead atoms. The molecule has 5 heteroatoms. The fraction of sp³-hybridized carbons (Fsp3) is 0. The van der Waals surface area contributed by atoms with Gasteiger partial charge in [0.2, 0.25) is 0 Å². The summed E-state index contributed by atoms with van der Waals surface area (Å²) in [5.41, 5.74) is 6.23. The largest absolute Gasteiger partial charge is 0.384 e. The summed E-state index contributed by atoms with van der Waals surface area (Å²) in [7, 11) is 0. The van der Waals surface area contributed by atoms with Crippen molar-refractivity contribution >= 4 is 45.1 Å². The third-order valence-electron chi connectivity index (χ3n) is 2.29. The first kappa shape index (κ1) is 13.5. The summed E-state index contributed by atoms with van der Waals surface area (Å²) < 4.78 is 1.01. The normalized spacial score (nSPS) is 10.3. The molecule has 0 spiro atoms. The van der Waals surface area contributed by atoms with Crippen LogP contribution in [0.25, 0.3) is 0 Å². The summed E-state index contributed by atoms with van der Waals surface area (Å²) in [6, 6.07) is 13.3. The highest BCUT2D eigenvalue weighted by atomic mass is 79.9. The number of hydrogen-bond acceptors (Lipinski definition) is 2. The molecule has 0 atom stereocenters. The lowest BCUT2D eigenvalue weighted by molar-refractivity contribution is 1.32. The molecule has 0 aliphatic heterocycles. The Morgan fingerprint density at radius 3 is 2.56 bits per heavy atom. The van der Waals surface area contributed by atoms with Crippen LogP contribution in [0.15, 0.2) is 56.7 Å². The molecule has 3 N–H and O–H groups in total. The molecule has 2 nitrogen and oxygen atoms in total. The Morgan fingerprint density at radius 1 is 1.17 bits per heavy atom. The Kier molecular flexibility index (Phi) is 4.32. The first-order valence-electron chi connectivity index (χ1n) is 5.14. The Bertz CT molecular complexity index is 601. The van der Waals surface area contributed by atoms with Gasteiger partial charge in [-0.25, -0.2) is 0 Å². The molecular weight excluding hydrogens is 332 g/mol. The van der Waals surface area contributed by atoms with E-state index in [1.807, 2.05) is 30.3 Å². The minimum Gasteiger partial charge on any atom is -0.384 e. The van der Waals surface area contributed by atoms with E-state index in [1.165, 1.54) is 0 Å². The predicted octanol–water partition coefficient (Wildman–Crippen LogP) is 4.54. The fourth-order valence-electron chi connectivity index (χ4n) is 1.45. The zero-order valence-electron chi connectivity index (χ0n) is 9.28. The average molecular weight is 342 g/mol. The summed E-state index contributed by atoms with van der Waals surface area (Å²) in [4.78, 5) is 1.99. The highest BCUT2D eigenvalue weighted by Gasteiger charge is 2.09. The van der Waals surface area contributed by atoms with Crippen molar-refractivity contribution in [2.75, 3.05) is 0 Å². The van der Waals surface area contributed by atoms with Crippen LogP contribution in [0.3, 0.4) is 0 Å². The molecule has 0 heterocycles. The van der Waals surface area contributed by atoms with E-state index in [0.29, 0.717) is 10.6 Å². The van der Waals surface area contributed by atoms with Crippen molar-refractivity contribution in [1.29, 1.82) is 5.41 Å². The molecule has 0 fully saturated rings. The van der Waals surface area contributed by atoms with E-state index in [1.54, 1.807) is 23.9 Å². The summed E-state index contributed by atoms with van der Waals surface area (Å²) in [6.07, 6.45) is 0. The standard InChI is InChI=1S/C13H10BrClN2S/c14-10-3-1-2-4-12(10)18-11-6-5-8(15)7-9(11)13(16)17/h1-7H,(H3,16,17).